The predicted octanol–water partition coefficient (Wildman–Crippen LogP) is 2.28. The van der Waals surface area contributed by atoms with E-state index in [1.807, 2.05) is 25.1 Å². The molecular weight excluding hydrogens is 412 g/mol. The molecule has 2 aromatic carbocycles. The van der Waals surface area contributed by atoms with Gasteiger partial charge in [0.15, 0.2) is 0 Å². The monoisotopic (exact) mass is 440 g/mol. The van der Waals surface area contributed by atoms with Crippen LogP contribution in [0.5, 0.6) is 23.0 Å². The number of fused-ring (bicyclic) bond motifs is 2. The SMILES string of the molecule is COc1ccc(OC)c(C[C@@H]2NC(=O)[C@@H]3Cc4c(OC)ccc(OC)c4[C@H](C)N3C2=O)c1. The van der Waals surface area contributed by atoms with Crippen molar-refractivity contribution in [3.8, 4) is 23.0 Å². The lowest BCUT2D eigenvalue weighted by Gasteiger charge is -2.46. The van der Waals surface area contributed by atoms with E-state index in [-0.39, 0.29) is 17.9 Å². The highest BCUT2D eigenvalue weighted by atomic mass is 16.5. The highest BCUT2D eigenvalue weighted by Crippen LogP contribution is 2.44. The molecule has 2 aliphatic rings. The minimum Gasteiger partial charge on any atom is -0.497 e. The number of ether oxygens (including phenoxy) is 4. The van der Waals surface area contributed by atoms with Crippen LogP contribution in [-0.4, -0.2) is 57.2 Å². The third-order valence-electron chi connectivity index (χ3n) is 6.37. The molecule has 0 aromatic heterocycles. The van der Waals surface area contributed by atoms with Gasteiger partial charge in [-0.2, -0.15) is 0 Å². The largest absolute Gasteiger partial charge is 0.497 e. The van der Waals surface area contributed by atoms with Gasteiger partial charge in [-0.05, 0) is 37.3 Å². The molecule has 170 valence electrons. The Morgan fingerprint density at radius 2 is 1.59 bits per heavy atom. The van der Waals surface area contributed by atoms with E-state index >= 15 is 0 Å². The van der Waals surface area contributed by atoms with Crippen LogP contribution in [0.1, 0.15) is 29.7 Å². The van der Waals surface area contributed by atoms with E-state index in [0.717, 1.165) is 16.7 Å². The lowest BCUT2D eigenvalue weighted by Crippen LogP contribution is -2.66. The van der Waals surface area contributed by atoms with Crippen molar-refractivity contribution in [2.75, 3.05) is 28.4 Å². The number of benzene rings is 2. The standard InChI is InChI=1S/C24H28N2O6/c1-13-22-16(20(31-4)8-9-21(22)32-5)12-18-23(27)25-17(24(28)26(13)18)11-14-10-15(29-2)6-7-19(14)30-3/h6-10,13,17-18H,11-12H2,1-5H3,(H,25,27)/t13-,17-,18-/m0/s1. The Kier molecular flexibility index (Phi) is 5.86. The molecule has 0 spiro atoms. The van der Waals surface area contributed by atoms with Crippen LogP contribution in [0.3, 0.4) is 0 Å². The first-order valence-electron chi connectivity index (χ1n) is 10.5. The fourth-order valence-electron chi connectivity index (χ4n) is 4.83. The second-order valence-corrected chi connectivity index (χ2v) is 7.95. The zero-order valence-corrected chi connectivity index (χ0v) is 18.9. The molecule has 2 heterocycles. The van der Waals surface area contributed by atoms with Gasteiger partial charge < -0.3 is 29.2 Å². The molecule has 1 saturated heterocycles. The summed E-state index contributed by atoms with van der Waals surface area (Å²) in [6.07, 6.45) is 0.663. The molecule has 8 heteroatoms. The maximum atomic E-state index is 13.6. The van der Waals surface area contributed by atoms with Gasteiger partial charge in [-0.25, -0.2) is 0 Å². The molecule has 4 rings (SSSR count). The highest BCUT2D eigenvalue weighted by Gasteiger charge is 2.47. The second-order valence-electron chi connectivity index (χ2n) is 7.95. The molecule has 1 N–H and O–H groups in total. The number of hydrogen-bond acceptors (Lipinski definition) is 6. The van der Waals surface area contributed by atoms with Crippen molar-refractivity contribution in [1.82, 2.24) is 10.2 Å². The van der Waals surface area contributed by atoms with Gasteiger partial charge in [0, 0.05) is 29.5 Å². The third-order valence-corrected chi connectivity index (χ3v) is 6.37. The predicted molar refractivity (Wildman–Crippen MR) is 117 cm³/mol. The molecule has 2 aliphatic heterocycles. The molecule has 32 heavy (non-hydrogen) atoms. The van der Waals surface area contributed by atoms with Crippen LogP contribution in [0, 0.1) is 0 Å². The van der Waals surface area contributed by atoms with E-state index in [1.165, 1.54) is 0 Å². The summed E-state index contributed by atoms with van der Waals surface area (Å²) in [7, 11) is 6.36. The van der Waals surface area contributed by atoms with Crippen molar-refractivity contribution in [3.05, 3.63) is 47.0 Å². The molecular formula is C24H28N2O6. The van der Waals surface area contributed by atoms with Crippen LogP contribution in [-0.2, 0) is 22.4 Å². The summed E-state index contributed by atoms with van der Waals surface area (Å²) in [6, 6.07) is 7.43. The van der Waals surface area contributed by atoms with Gasteiger partial charge in [-0.3, -0.25) is 9.59 Å². The van der Waals surface area contributed by atoms with E-state index in [0.29, 0.717) is 35.8 Å². The first-order valence-corrected chi connectivity index (χ1v) is 10.5. The molecule has 0 unspecified atom stereocenters. The summed E-state index contributed by atoms with van der Waals surface area (Å²) < 4.78 is 21.9. The first-order chi connectivity index (χ1) is 15.4. The number of rotatable bonds is 6. The van der Waals surface area contributed by atoms with E-state index < -0.39 is 12.1 Å². The van der Waals surface area contributed by atoms with Crippen LogP contribution < -0.4 is 24.3 Å². The lowest BCUT2D eigenvalue weighted by atomic mass is 9.84. The number of carbonyl (C=O) groups is 2. The van der Waals surface area contributed by atoms with Crippen molar-refractivity contribution in [2.24, 2.45) is 0 Å². The molecule has 0 aliphatic carbocycles. The molecule has 8 nitrogen and oxygen atoms in total. The summed E-state index contributed by atoms with van der Waals surface area (Å²) in [5.74, 6) is 2.34. The van der Waals surface area contributed by atoms with Crippen LogP contribution in [0.2, 0.25) is 0 Å². The number of amides is 2. The first kappa shape index (κ1) is 21.8. The quantitative estimate of drug-likeness (QED) is 0.742. The highest BCUT2D eigenvalue weighted by molar-refractivity contribution is 5.98. The van der Waals surface area contributed by atoms with Crippen molar-refractivity contribution in [1.29, 1.82) is 0 Å². The Hall–Kier alpha value is -3.42. The Bertz CT molecular complexity index is 1050. The van der Waals surface area contributed by atoms with Gasteiger partial charge in [-0.1, -0.05) is 0 Å². The number of nitrogens with zero attached hydrogens (tertiary/aromatic N) is 1. The van der Waals surface area contributed by atoms with Crippen LogP contribution in [0.4, 0.5) is 0 Å². The Labute approximate surface area is 187 Å². The van der Waals surface area contributed by atoms with Gasteiger partial charge in [0.1, 0.15) is 35.1 Å². The maximum absolute atomic E-state index is 13.6. The smallest absolute Gasteiger partial charge is 0.246 e. The summed E-state index contributed by atoms with van der Waals surface area (Å²) in [5.41, 5.74) is 2.56. The molecule has 0 radical (unpaired) electrons. The average Bonchev–Trinajstić information content (AvgIpc) is 2.81. The van der Waals surface area contributed by atoms with Crippen LogP contribution in [0.25, 0.3) is 0 Å². The van der Waals surface area contributed by atoms with Gasteiger partial charge >= 0.3 is 0 Å². The molecule has 2 amide bonds. The van der Waals surface area contributed by atoms with Crippen LogP contribution >= 0.6 is 0 Å². The fourth-order valence-corrected chi connectivity index (χ4v) is 4.83. The maximum Gasteiger partial charge on any atom is 0.246 e. The number of carbonyl (C=O) groups excluding carboxylic acids is 2. The minimum absolute atomic E-state index is 0.137. The van der Waals surface area contributed by atoms with Crippen LogP contribution in [0.15, 0.2) is 30.3 Å². The van der Waals surface area contributed by atoms with Crippen molar-refractivity contribution < 1.29 is 28.5 Å². The number of nitrogens with one attached hydrogen (secondary N) is 1. The van der Waals surface area contributed by atoms with Gasteiger partial charge in [0.2, 0.25) is 11.8 Å². The Morgan fingerprint density at radius 1 is 0.938 bits per heavy atom. The van der Waals surface area contributed by atoms with Crippen molar-refractivity contribution in [2.45, 2.75) is 37.9 Å². The molecule has 3 atom stereocenters. The van der Waals surface area contributed by atoms with Crippen molar-refractivity contribution in [3.63, 3.8) is 0 Å². The van der Waals surface area contributed by atoms with Gasteiger partial charge in [0.25, 0.3) is 0 Å². The lowest BCUT2D eigenvalue weighted by molar-refractivity contribution is -0.152. The van der Waals surface area contributed by atoms with E-state index in [4.69, 9.17) is 18.9 Å². The third kappa shape index (κ3) is 3.49. The van der Waals surface area contributed by atoms with Crippen molar-refractivity contribution >= 4 is 11.8 Å². The Morgan fingerprint density at radius 3 is 2.25 bits per heavy atom. The van der Waals surface area contributed by atoms with Gasteiger partial charge in [0.05, 0.1) is 34.5 Å². The number of hydrogen-bond donors (Lipinski definition) is 1. The van der Waals surface area contributed by atoms with Gasteiger partial charge in [-0.15, -0.1) is 0 Å². The van der Waals surface area contributed by atoms with E-state index in [9.17, 15) is 9.59 Å². The molecule has 0 saturated carbocycles. The number of methoxy groups -OCH3 is 4. The van der Waals surface area contributed by atoms with E-state index in [2.05, 4.69) is 5.32 Å². The molecule has 2 aromatic rings. The molecule has 1 fully saturated rings. The second kappa shape index (κ2) is 8.61. The minimum atomic E-state index is -0.708. The normalized spacial score (nSPS) is 21.9. The summed E-state index contributed by atoms with van der Waals surface area (Å²) in [5, 5.41) is 2.92. The van der Waals surface area contributed by atoms with E-state index in [1.54, 1.807) is 45.5 Å². The molecule has 0 bridgehead atoms. The fraction of sp³-hybridized carbons (Fsp3) is 0.417. The topological polar surface area (TPSA) is 86.3 Å². The zero-order valence-electron chi connectivity index (χ0n) is 18.9. The number of piperazine rings is 1. The average molecular weight is 440 g/mol. The summed E-state index contributed by atoms with van der Waals surface area (Å²) >= 11 is 0. The summed E-state index contributed by atoms with van der Waals surface area (Å²) in [4.78, 5) is 28.4. The zero-order chi connectivity index (χ0) is 23.0. The Balaban J connectivity index is 1.70. The summed E-state index contributed by atoms with van der Waals surface area (Å²) in [6.45, 7) is 1.92.